The molecule has 5 heteroatoms. The summed E-state index contributed by atoms with van der Waals surface area (Å²) >= 11 is 0. The van der Waals surface area contributed by atoms with Crippen molar-refractivity contribution in [3.63, 3.8) is 0 Å². The number of aryl methyl sites for hydroxylation is 1. The maximum Gasteiger partial charge on any atom is 0.307 e. The van der Waals surface area contributed by atoms with Gasteiger partial charge in [0, 0.05) is 23.9 Å². The molecule has 2 heterocycles. The number of anilines is 1. The number of amides is 1. The average molecular weight is 376 g/mol. The summed E-state index contributed by atoms with van der Waals surface area (Å²) in [6, 6.07) is 19.9. The van der Waals surface area contributed by atoms with Crippen molar-refractivity contribution in [2.24, 2.45) is 13.0 Å². The molecule has 1 atom stereocenters. The summed E-state index contributed by atoms with van der Waals surface area (Å²) in [5, 5.41) is 1.14. The fourth-order valence-electron chi connectivity index (χ4n) is 3.96. The largest absolute Gasteiger partial charge is 0.459 e. The van der Waals surface area contributed by atoms with E-state index in [1.807, 2.05) is 49.5 Å². The highest BCUT2D eigenvalue weighted by atomic mass is 16.6. The third-order valence-electron chi connectivity index (χ3n) is 5.59. The normalized spacial score (nSPS) is 18.2. The first-order chi connectivity index (χ1) is 13.4. The molecular formula is C23H24N2O3. The number of carbonyl (C=O) groups is 2. The lowest BCUT2D eigenvalue weighted by atomic mass is 9.89. The molecule has 4 rings (SSSR count). The van der Waals surface area contributed by atoms with Gasteiger partial charge in [0.1, 0.15) is 5.60 Å². The van der Waals surface area contributed by atoms with Crippen molar-refractivity contribution in [3.8, 4) is 0 Å². The van der Waals surface area contributed by atoms with E-state index in [4.69, 9.17) is 4.74 Å². The van der Waals surface area contributed by atoms with Gasteiger partial charge in [0.05, 0.1) is 18.9 Å². The van der Waals surface area contributed by atoms with E-state index >= 15 is 0 Å². The number of ether oxygens (including phenoxy) is 1. The Morgan fingerprint density at radius 3 is 2.46 bits per heavy atom. The van der Waals surface area contributed by atoms with Crippen LogP contribution < -0.4 is 4.90 Å². The van der Waals surface area contributed by atoms with Crippen LogP contribution in [0.25, 0.3) is 10.9 Å². The van der Waals surface area contributed by atoms with Crippen molar-refractivity contribution in [2.45, 2.75) is 32.4 Å². The van der Waals surface area contributed by atoms with Crippen LogP contribution in [0.2, 0.25) is 0 Å². The van der Waals surface area contributed by atoms with E-state index in [0.29, 0.717) is 6.54 Å². The maximum atomic E-state index is 13.5. The Balaban J connectivity index is 1.73. The number of nitrogens with zero attached hydrogens (tertiary/aromatic N) is 2. The molecule has 0 N–H and O–H groups in total. The molecule has 1 unspecified atom stereocenters. The minimum Gasteiger partial charge on any atom is -0.459 e. The van der Waals surface area contributed by atoms with E-state index in [1.165, 1.54) is 0 Å². The van der Waals surface area contributed by atoms with Crippen LogP contribution in [0.4, 0.5) is 5.69 Å². The van der Waals surface area contributed by atoms with E-state index in [9.17, 15) is 9.59 Å². The summed E-state index contributed by atoms with van der Waals surface area (Å²) in [4.78, 5) is 27.2. The second kappa shape index (κ2) is 6.82. The van der Waals surface area contributed by atoms with E-state index in [1.54, 1.807) is 18.7 Å². The minimum atomic E-state index is -0.805. The molecule has 2 aromatic carbocycles. The summed E-state index contributed by atoms with van der Waals surface area (Å²) in [5.41, 5.74) is 2.16. The Hall–Kier alpha value is -3.08. The maximum absolute atomic E-state index is 13.5. The first-order valence-corrected chi connectivity index (χ1v) is 9.48. The van der Waals surface area contributed by atoms with Gasteiger partial charge in [-0.1, -0.05) is 36.4 Å². The number of carbonyl (C=O) groups excluding carboxylic acids is 2. The molecule has 0 saturated carbocycles. The van der Waals surface area contributed by atoms with Gasteiger partial charge in [-0.05, 0) is 43.5 Å². The van der Waals surface area contributed by atoms with Crippen LogP contribution in [0.3, 0.4) is 0 Å². The van der Waals surface area contributed by atoms with Gasteiger partial charge in [0.25, 0.3) is 0 Å². The predicted octanol–water partition coefficient (Wildman–Crippen LogP) is 4.05. The highest BCUT2D eigenvalue weighted by molar-refractivity contribution is 5.99. The second-order valence-corrected chi connectivity index (χ2v) is 7.85. The molecule has 144 valence electrons. The number of para-hydroxylation sites is 2. The molecule has 1 fully saturated rings. The average Bonchev–Trinajstić information content (AvgIpc) is 3.14. The Bertz CT molecular complexity index is 1040. The van der Waals surface area contributed by atoms with Gasteiger partial charge in [0.15, 0.2) is 0 Å². The van der Waals surface area contributed by atoms with Crippen molar-refractivity contribution >= 4 is 28.5 Å². The topological polar surface area (TPSA) is 51.5 Å². The quantitative estimate of drug-likeness (QED) is 0.646. The molecule has 1 saturated heterocycles. The van der Waals surface area contributed by atoms with Crippen LogP contribution in [-0.4, -0.2) is 22.0 Å². The Kier molecular flexibility index (Phi) is 4.46. The van der Waals surface area contributed by atoms with Crippen molar-refractivity contribution in [2.75, 3.05) is 4.90 Å². The first-order valence-electron chi connectivity index (χ1n) is 9.48. The number of hydrogen-bond acceptors (Lipinski definition) is 3. The molecule has 0 aliphatic carbocycles. The Morgan fingerprint density at radius 1 is 1.14 bits per heavy atom. The lowest BCUT2D eigenvalue weighted by Gasteiger charge is -2.30. The van der Waals surface area contributed by atoms with Crippen LogP contribution in [0.1, 0.15) is 26.0 Å². The molecule has 3 aromatic rings. The summed E-state index contributed by atoms with van der Waals surface area (Å²) in [6.45, 7) is 4.04. The first kappa shape index (κ1) is 18.3. The van der Waals surface area contributed by atoms with Gasteiger partial charge < -0.3 is 14.2 Å². The van der Waals surface area contributed by atoms with Gasteiger partial charge in [-0.15, -0.1) is 0 Å². The van der Waals surface area contributed by atoms with Crippen LogP contribution in [-0.2, 0) is 27.9 Å². The molecular weight excluding hydrogens is 352 g/mol. The number of benzene rings is 2. The molecule has 1 aliphatic heterocycles. The number of rotatable bonds is 4. The Morgan fingerprint density at radius 2 is 1.82 bits per heavy atom. The lowest BCUT2D eigenvalue weighted by molar-refractivity contribution is -0.147. The predicted molar refractivity (Wildman–Crippen MR) is 109 cm³/mol. The molecule has 1 aliphatic rings. The highest BCUT2D eigenvalue weighted by Crippen LogP contribution is 2.35. The van der Waals surface area contributed by atoms with Crippen LogP contribution in [0, 0.1) is 5.92 Å². The number of esters is 1. The molecule has 1 amide bonds. The molecule has 1 aromatic heterocycles. The van der Waals surface area contributed by atoms with Gasteiger partial charge in [-0.2, -0.15) is 0 Å². The summed E-state index contributed by atoms with van der Waals surface area (Å²) in [6.07, 6.45) is 0.115. The van der Waals surface area contributed by atoms with Crippen LogP contribution in [0.5, 0.6) is 0 Å². The van der Waals surface area contributed by atoms with E-state index in [-0.39, 0.29) is 18.3 Å². The van der Waals surface area contributed by atoms with Gasteiger partial charge >= 0.3 is 5.97 Å². The zero-order valence-electron chi connectivity index (χ0n) is 16.4. The fourth-order valence-corrected chi connectivity index (χ4v) is 3.96. The fraction of sp³-hybridized carbons (Fsp3) is 0.304. The van der Waals surface area contributed by atoms with Crippen LogP contribution >= 0.6 is 0 Å². The van der Waals surface area contributed by atoms with E-state index in [0.717, 1.165) is 22.3 Å². The smallest absolute Gasteiger partial charge is 0.307 e. The van der Waals surface area contributed by atoms with Crippen LogP contribution in [0.15, 0.2) is 60.7 Å². The summed E-state index contributed by atoms with van der Waals surface area (Å²) < 4.78 is 7.51. The number of cyclic esters (lactones) is 1. The lowest BCUT2D eigenvalue weighted by Crippen LogP contribution is -2.43. The van der Waals surface area contributed by atoms with Gasteiger partial charge in [0.2, 0.25) is 5.91 Å². The van der Waals surface area contributed by atoms with Gasteiger partial charge in [-0.3, -0.25) is 9.59 Å². The second-order valence-electron chi connectivity index (χ2n) is 7.85. The third kappa shape index (κ3) is 3.17. The molecule has 28 heavy (non-hydrogen) atoms. The van der Waals surface area contributed by atoms with Gasteiger partial charge in [-0.25, -0.2) is 0 Å². The zero-order chi connectivity index (χ0) is 19.9. The standard InChI is InChI=1S/C23H24N2O3/c1-23(2)19(14-21(26)28-23)22(27)25(17-10-5-4-6-11-17)15-18-13-16-9-7-8-12-20(16)24(18)3/h4-13,19H,14-15H2,1-3H3. The number of aromatic nitrogens is 1. The van der Waals surface area contributed by atoms with Crippen molar-refractivity contribution in [1.82, 2.24) is 4.57 Å². The zero-order valence-corrected chi connectivity index (χ0v) is 16.4. The number of fused-ring (bicyclic) bond motifs is 1. The van der Waals surface area contributed by atoms with E-state index < -0.39 is 11.5 Å². The van der Waals surface area contributed by atoms with Crippen molar-refractivity contribution in [3.05, 3.63) is 66.4 Å². The Labute approximate surface area is 164 Å². The molecule has 0 spiro atoms. The molecule has 0 bridgehead atoms. The monoisotopic (exact) mass is 376 g/mol. The minimum absolute atomic E-state index is 0.0905. The van der Waals surface area contributed by atoms with Crippen molar-refractivity contribution < 1.29 is 14.3 Å². The molecule has 0 radical (unpaired) electrons. The SMILES string of the molecule is Cn1c(CN(C(=O)C2CC(=O)OC2(C)C)c2ccccc2)cc2ccccc21. The summed E-state index contributed by atoms with van der Waals surface area (Å²) in [5.74, 6) is -0.914. The third-order valence-corrected chi connectivity index (χ3v) is 5.59. The number of hydrogen-bond donors (Lipinski definition) is 0. The van der Waals surface area contributed by atoms with Crippen molar-refractivity contribution in [1.29, 1.82) is 0 Å². The molecule has 5 nitrogen and oxygen atoms in total. The highest BCUT2D eigenvalue weighted by Gasteiger charge is 2.47. The van der Waals surface area contributed by atoms with E-state index in [2.05, 4.69) is 22.8 Å². The summed E-state index contributed by atoms with van der Waals surface area (Å²) in [7, 11) is 2.01.